The van der Waals surface area contributed by atoms with Crippen molar-refractivity contribution in [3.05, 3.63) is 78.9 Å². The van der Waals surface area contributed by atoms with Crippen molar-refractivity contribution in [3.63, 3.8) is 0 Å². The maximum Gasteiger partial charge on any atom is 0.253 e. The lowest BCUT2D eigenvalue weighted by Gasteiger charge is -2.39. The van der Waals surface area contributed by atoms with Gasteiger partial charge in [-0.3, -0.25) is 14.4 Å². The molecule has 10 heteroatoms. The molecular formula is C36H44ClN3O6. The molecule has 5 rings (SSSR count). The third kappa shape index (κ3) is 5.96. The Morgan fingerprint density at radius 3 is 2.20 bits per heavy atom. The molecule has 0 aliphatic carbocycles. The lowest BCUT2D eigenvalue weighted by Crippen LogP contribution is -2.59. The van der Waals surface area contributed by atoms with Crippen LogP contribution in [0.4, 0.5) is 11.4 Å². The molecule has 9 nitrogen and oxygen atoms in total. The number of anilines is 2. The van der Waals surface area contributed by atoms with Gasteiger partial charge >= 0.3 is 0 Å². The van der Waals surface area contributed by atoms with Crippen molar-refractivity contribution in [1.82, 2.24) is 4.90 Å². The largest absolute Gasteiger partial charge is 0.494 e. The van der Waals surface area contributed by atoms with Crippen molar-refractivity contribution < 1.29 is 29.0 Å². The monoisotopic (exact) mass is 649 g/mol. The van der Waals surface area contributed by atoms with Crippen LogP contribution in [0.1, 0.15) is 40.0 Å². The van der Waals surface area contributed by atoms with E-state index < -0.39 is 35.6 Å². The topological polar surface area (TPSA) is 99.6 Å². The van der Waals surface area contributed by atoms with E-state index in [1.165, 1.54) is 4.90 Å². The number of carbonyl (C=O) groups excluding carboxylic acids is 3. The Hall–Kier alpha value is -3.66. The molecule has 1 spiro atoms. The number of aliphatic hydroxyl groups excluding tert-OH is 1. The highest BCUT2D eigenvalue weighted by atomic mass is 35.5. The third-order valence-corrected chi connectivity index (χ3v) is 9.61. The fraction of sp³-hybridized carbons (Fsp3) is 0.472. The van der Waals surface area contributed by atoms with Crippen LogP contribution in [0.15, 0.2) is 73.8 Å². The van der Waals surface area contributed by atoms with Gasteiger partial charge in [0.15, 0.2) is 0 Å². The molecule has 2 bridgehead atoms. The lowest BCUT2D eigenvalue weighted by molar-refractivity contribution is -0.144. The summed E-state index contributed by atoms with van der Waals surface area (Å²) in [6, 6.07) is 12.5. The number of halogens is 1. The van der Waals surface area contributed by atoms with Crippen LogP contribution in [0, 0.1) is 17.8 Å². The fourth-order valence-corrected chi connectivity index (χ4v) is 7.73. The summed E-state index contributed by atoms with van der Waals surface area (Å²) < 4.78 is 12.3. The SMILES string of the molecule is C=CCN(C(=O)C1N([C@@H](CO)CC(C)C)C(=O)[C@@H]2[C@H](C(=O)N(CC=C)c3ccc(OCC)cc3)[C@@H]3CCC12O3)c1ccc(Cl)cc1. The number of amides is 3. The van der Waals surface area contributed by atoms with Gasteiger partial charge in [0.25, 0.3) is 5.91 Å². The van der Waals surface area contributed by atoms with Gasteiger partial charge < -0.3 is 29.3 Å². The first-order valence-electron chi connectivity index (χ1n) is 16.1. The molecule has 3 saturated heterocycles. The maximum atomic E-state index is 14.8. The van der Waals surface area contributed by atoms with Crippen LogP contribution < -0.4 is 14.5 Å². The zero-order chi connectivity index (χ0) is 33.2. The normalized spacial score (nSPS) is 25.3. The first kappa shape index (κ1) is 33.7. The molecule has 2 unspecified atom stereocenters. The van der Waals surface area contributed by atoms with Gasteiger partial charge in [0, 0.05) is 29.5 Å². The standard InChI is InChI=1S/C36H44ClN3O6/c1-6-19-38(26-13-15-28(16-14-26)45-8-3)33(42)30-29-17-18-36(46-29)31(30)34(43)40(27(22-41)21-23(4)5)32(36)35(44)39(20-7-2)25-11-9-24(37)10-12-25/h6-7,9-16,23,27,29-32,41H,1-2,8,17-22H2,3-5H3/t27-,29+,30-,31+,32?,36?/m1/s1. The highest BCUT2D eigenvalue weighted by Crippen LogP contribution is 2.59. The van der Waals surface area contributed by atoms with E-state index in [0.717, 1.165) is 0 Å². The van der Waals surface area contributed by atoms with E-state index >= 15 is 0 Å². The summed E-state index contributed by atoms with van der Waals surface area (Å²) in [6.45, 7) is 14.3. The zero-order valence-electron chi connectivity index (χ0n) is 26.8. The molecular weight excluding hydrogens is 606 g/mol. The molecule has 0 aromatic heterocycles. The molecule has 246 valence electrons. The Bertz CT molecular complexity index is 1450. The maximum absolute atomic E-state index is 14.8. The summed E-state index contributed by atoms with van der Waals surface area (Å²) in [4.78, 5) is 48.8. The summed E-state index contributed by atoms with van der Waals surface area (Å²) in [5.74, 6) is -1.81. The van der Waals surface area contributed by atoms with Gasteiger partial charge in [-0.05, 0) is 80.6 Å². The third-order valence-electron chi connectivity index (χ3n) is 9.36. The zero-order valence-corrected chi connectivity index (χ0v) is 27.6. The Morgan fingerprint density at radius 1 is 1.07 bits per heavy atom. The molecule has 3 heterocycles. The van der Waals surface area contributed by atoms with E-state index in [4.69, 9.17) is 21.1 Å². The van der Waals surface area contributed by atoms with Gasteiger partial charge in [0.2, 0.25) is 11.8 Å². The van der Waals surface area contributed by atoms with Crippen molar-refractivity contribution in [3.8, 4) is 5.75 Å². The lowest BCUT2D eigenvalue weighted by atomic mass is 9.70. The van der Waals surface area contributed by atoms with E-state index in [9.17, 15) is 19.5 Å². The fourth-order valence-electron chi connectivity index (χ4n) is 7.61. The van der Waals surface area contributed by atoms with Gasteiger partial charge in [-0.2, -0.15) is 0 Å². The molecule has 0 radical (unpaired) electrons. The van der Waals surface area contributed by atoms with Gasteiger partial charge in [-0.1, -0.05) is 37.6 Å². The number of benzene rings is 2. The molecule has 2 aromatic rings. The number of ether oxygens (including phenoxy) is 2. The van der Waals surface area contributed by atoms with E-state index in [-0.39, 0.29) is 43.3 Å². The smallest absolute Gasteiger partial charge is 0.253 e. The second-order valence-electron chi connectivity index (χ2n) is 12.6. The number of fused-ring (bicyclic) bond motifs is 1. The van der Waals surface area contributed by atoms with Crippen LogP contribution in [-0.4, -0.2) is 77.8 Å². The van der Waals surface area contributed by atoms with Gasteiger partial charge in [0.05, 0.1) is 37.2 Å². The molecule has 46 heavy (non-hydrogen) atoms. The number of likely N-dealkylation sites (tertiary alicyclic amines) is 1. The Balaban J connectivity index is 1.57. The quantitative estimate of drug-likeness (QED) is 0.281. The summed E-state index contributed by atoms with van der Waals surface area (Å²) in [6.07, 6.45) is 4.20. The number of hydrogen-bond acceptors (Lipinski definition) is 6. The number of nitrogens with zero attached hydrogens (tertiary/aromatic N) is 3. The first-order chi connectivity index (χ1) is 22.1. The van der Waals surface area contributed by atoms with Crippen molar-refractivity contribution in [1.29, 1.82) is 0 Å². The minimum atomic E-state index is -1.23. The highest BCUT2D eigenvalue weighted by molar-refractivity contribution is 6.30. The van der Waals surface area contributed by atoms with Crippen molar-refractivity contribution in [2.45, 2.75) is 63.8 Å². The van der Waals surface area contributed by atoms with Gasteiger partial charge in [-0.25, -0.2) is 0 Å². The molecule has 3 aliphatic heterocycles. The summed E-state index contributed by atoms with van der Waals surface area (Å²) in [5, 5.41) is 11.2. The minimum absolute atomic E-state index is 0.136. The average Bonchev–Trinajstić information content (AvgIpc) is 3.69. The van der Waals surface area contributed by atoms with E-state index in [0.29, 0.717) is 48.0 Å². The number of aliphatic hydroxyl groups is 1. The number of carbonyl (C=O) groups is 3. The average molecular weight is 650 g/mol. The summed E-state index contributed by atoms with van der Waals surface area (Å²) >= 11 is 6.16. The van der Waals surface area contributed by atoms with Crippen molar-refractivity contribution >= 4 is 40.7 Å². The van der Waals surface area contributed by atoms with Crippen LogP contribution in [0.3, 0.4) is 0 Å². The second kappa shape index (κ2) is 14.0. The molecule has 3 amide bonds. The summed E-state index contributed by atoms with van der Waals surface area (Å²) in [5.41, 5.74) is 0.0143. The Kier molecular flexibility index (Phi) is 10.2. The molecule has 3 aliphatic rings. The molecule has 6 atom stereocenters. The van der Waals surface area contributed by atoms with Crippen molar-refractivity contribution in [2.75, 3.05) is 36.1 Å². The summed E-state index contributed by atoms with van der Waals surface area (Å²) in [7, 11) is 0. The Morgan fingerprint density at radius 2 is 1.65 bits per heavy atom. The van der Waals surface area contributed by atoms with Crippen LogP contribution in [0.2, 0.25) is 5.02 Å². The van der Waals surface area contributed by atoms with Crippen LogP contribution in [0.5, 0.6) is 5.75 Å². The molecule has 2 aromatic carbocycles. The van der Waals surface area contributed by atoms with E-state index in [2.05, 4.69) is 13.2 Å². The predicted molar refractivity (Wildman–Crippen MR) is 179 cm³/mol. The van der Waals surface area contributed by atoms with Crippen LogP contribution in [-0.2, 0) is 19.1 Å². The highest BCUT2D eigenvalue weighted by Gasteiger charge is 2.75. The van der Waals surface area contributed by atoms with Crippen LogP contribution >= 0.6 is 11.6 Å². The molecule has 1 N–H and O–H groups in total. The van der Waals surface area contributed by atoms with E-state index in [1.807, 2.05) is 32.9 Å². The van der Waals surface area contributed by atoms with Crippen molar-refractivity contribution in [2.24, 2.45) is 17.8 Å². The van der Waals surface area contributed by atoms with E-state index in [1.54, 1.807) is 58.4 Å². The van der Waals surface area contributed by atoms with Gasteiger partial charge in [-0.15, -0.1) is 13.2 Å². The van der Waals surface area contributed by atoms with Gasteiger partial charge in [0.1, 0.15) is 17.4 Å². The number of rotatable bonds is 14. The minimum Gasteiger partial charge on any atom is -0.494 e. The molecule has 3 fully saturated rings. The second-order valence-corrected chi connectivity index (χ2v) is 13.1. The predicted octanol–water partition coefficient (Wildman–Crippen LogP) is 5.26. The number of hydrogen-bond donors (Lipinski definition) is 1. The van der Waals surface area contributed by atoms with Crippen LogP contribution in [0.25, 0.3) is 0 Å². The Labute approximate surface area is 276 Å². The molecule has 0 saturated carbocycles. The first-order valence-corrected chi connectivity index (χ1v) is 16.4.